The fraction of sp³-hybridized carbons (Fsp3) is 0.571. The molecule has 2 rings (SSSR count). The van der Waals surface area contributed by atoms with Gasteiger partial charge in [-0.05, 0) is 39.3 Å². The van der Waals surface area contributed by atoms with Crippen molar-refractivity contribution in [2.75, 3.05) is 6.54 Å². The van der Waals surface area contributed by atoms with Gasteiger partial charge in [-0.15, -0.1) is 12.4 Å². The highest BCUT2D eigenvalue weighted by Crippen LogP contribution is 2.08. The van der Waals surface area contributed by atoms with Crippen LogP contribution in [0.5, 0.6) is 0 Å². The molecule has 0 spiro atoms. The molecule has 6 nitrogen and oxygen atoms in total. The van der Waals surface area contributed by atoms with Gasteiger partial charge in [-0.25, -0.2) is 0 Å². The highest BCUT2D eigenvalue weighted by Gasteiger charge is 2.25. The smallest absolute Gasteiger partial charge is 0.255 e. The van der Waals surface area contributed by atoms with Gasteiger partial charge in [0.1, 0.15) is 12.3 Å². The van der Waals surface area contributed by atoms with Crippen LogP contribution in [0.25, 0.3) is 0 Å². The summed E-state index contributed by atoms with van der Waals surface area (Å²) in [5.74, 6) is -0.474. The molecule has 0 aliphatic carbocycles. The Kier molecular flexibility index (Phi) is 6.71. The number of hydrogen-bond acceptors (Lipinski definition) is 4. The summed E-state index contributed by atoms with van der Waals surface area (Å²) in [4.78, 5) is 23.9. The molecule has 0 radical (unpaired) electrons. The Morgan fingerprint density at radius 2 is 2.24 bits per heavy atom. The molecular weight excluding hydrogens is 294 g/mol. The molecule has 3 N–H and O–H groups in total. The normalized spacial score (nSPS) is 22.8. The summed E-state index contributed by atoms with van der Waals surface area (Å²) >= 11 is 0. The zero-order chi connectivity index (χ0) is 14.5. The molecule has 0 aromatic carbocycles. The van der Waals surface area contributed by atoms with Crippen molar-refractivity contribution >= 4 is 24.2 Å². The van der Waals surface area contributed by atoms with Crippen LogP contribution in [0.3, 0.4) is 0 Å². The molecule has 3 unspecified atom stereocenters. The van der Waals surface area contributed by atoms with Crippen LogP contribution in [0.2, 0.25) is 0 Å². The summed E-state index contributed by atoms with van der Waals surface area (Å²) in [7, 11) is 0. The van der Waals surface area contributed by atoms with E-state index in [1.165, 1.54) is 12.5 Å². The lowest BCUT2D eigenvalue weighted by molar-refractivity contribution is -0.123. The van der Waals surface area contributed by atoms with Gasteiger partial charge in [0, 0.05) is 12.1 Å². The van der Waals surface area contributed by atoms with Crippen LogP contribution in [0.15, 0.2) is 23.0 Å². The Bertz CT molecular complexity index is 464. The van der Waals surface area contributed by atoms with Crippen LogP contribution in [-0.4, -0.2) is 36.5 Å². The van der Waals surface area contributed by atoms with Gasteiger partial charge in [0.15, 0.2) is 0 Å². The van der Waals surface area contributed by atoms with Crippen LogP contribution < -0.4 is 16.0 Å². The van der Waals surface area contributed by atoms with Gasteiger partial charge in [0.05, 0.1) is 11.8 Å². The quantitative estimate of drug-likeness (QED) is 0.776. The highest BCUT2D eigenvalue weighted by atomic mass is 35.5. The fourth-order valence-electron chi connectivity index (χ4n) is 2.29. The van der Waals surface area contributed by atoms with Crippen molar-refractivity contribution in [2.45, 2.75) is 44.8 Å². The van der Waals surface area contributed by atoms with Gasteiger partial charge in [0.2, 0.25) is 5.91 Å². The van der Waals surface area contributed by atoms with E-state index < -0.39 is 6.04 Å². The summed E-state index contributed by atoms with van der Waals surface area (Å²) in [6.07, 6.45) is 4.79. The average Bonchev–Trinajstić information content (AvgIpc) is 2.95. The maximum atomic E-state index is 12.1. The summed E-state index contributed by atoms with van der Waals surface area (Å²) in [6.45, 7) is 4.72. The lowest BCUT2D eigenvalue weighted by Gasteiger charge is -2.31. The summed E-state index contributed by atoms with van der Waals surface area (Å²) in [5.41, 5.74) is 0.414. The van der Waals surface area contributed by atoms with Crippen molar-refractivity contribution in [3.63, 3.8) is 0 Å². The molecule has 3 atom stereocenters. The molecule has 2 heterocycles. The fourth-order valence-corrected chi connectivity index (χ4v) is 2.29. The SMILES string of the molecule is CC(NC(=O)c1ccoc1)C(=O)NC1CCCNC1C.Cl. The zero-order valence-corrected chi connectivity index (χ0v) is 13.0. The molecule has 0 bridgehead atoms. The van der Waals surface area contributed by atoms with Gasteiger partial charge in [-0.2, -0.15) is 0 Å². The Labute approximate surface area is 130 Å². The van der Waals surface area contributed by atoms with Crippen molar-refractivity contribution in [3.8, 4) is 0 Å². The molecule has 7 heteroatoms. The molecule has 1 aromatic heterocycles. The lowest BCUT2D eigenvalue weighted by atomic mass is 9.99. The monoisotopic (exact) mass is 315 g/mol. The molecule has 2 amide bonds. The number of amides is 2. The standard InChI is InChI=1S/C14H21N3O3.ClH/c1-9-12(4-3-6-15-9)17-13(18)10(2)16-14(19)11-5-7-20-8-11;/h5,7-10,12,15H,3-4,6H2,1-2H3,(H,16,19)(H,17,18);1H. The average molecular weight is 316 g/mol. The van der Waals surface area contributed by atoms with Crippen LogP contribution in [0.4, 0.5) is 0 Å². The number of rotatable bonds is 4. The Hall–Kier alpha value is -1.53. The molecule has 1 aliphatic heterocycles. The number of hydrogen-bond donors (Lipinski definition) is 3. The number of furan rings is 1. The van der Waals surface area contributed by atoms with E-state index in [0.29, 0.717) is 5.56 Å². The molecule has 118 valence electrons. The van der Waals surface area contributed by atoms with Crippen molar-refractivity contribution in [1.29, 1.82) is 0 Å². The first kappa shape index (κ1) is 17.5. The molecule has 1 fully saturated rings. The Balaban J connectivity index is 0.00000220. The number of carbonyl (C=O) groups excluding carboxylic acids is 2. The van der Waals surface area contributed by atoms with Crippen LogP contribution in [0, 0.1) is 0 Å². The minimum atomic E-state index is -0.577. The number of halogens is 1. The molecule has 0 saturated carbocycles. The minimum absolute atomic E-state index is 0. The van der Waals surface area contributed by atoms with E-state index in [-0.39, 0.29) is 36.3 Å². The maximum Gasteiger partial charge on any atom is 0.255 e. The van der Waals surface area contributed by atoms with E-state index in [2.05, 4.69) is 22.9 Å². The Morgan fingerprint density at radius 1 is 1.48 bits per heavy atom. The summed E-state index contributed by atoms with van der Waals surface area (Å²) < 4.78 is 4.84. The lowest BCUT2D eigenvalue weighted by Crippen LogP contribution is -2.55. The van der Waals surface area contributed by atoms with Crippen molar-refractivity contribution in [3.05, 3.63) is 24.2 Å². The first-order valence-corrected chi connectivity index (χ1v) is 6.94. The number of piperidine rings is 1. The molecule has 21 heavy (non-hydrogen) atoms. The summed E-state index contributed by atoms with van der Waals surface area (Å²) in [6, 6.07) is 1.35. The predicted octanol–water partition coefficient (Wildman–Crippen LogP) is 1.08. The second-order valence-corrected chi connectivity index (χ2v) is 5.21. The van der Waals surface area contributed by atoms with E-state index in [9.17, 15) is 9.59 Å². The van der Waals surface area contributed by atoms with Crippen LogP contribution in [0.1, 0.15) is 37.0 Å². The van der Waals surface area contributed by atoms with E-state index in [0.717, 1.165) is 19.4 Å². The molecular formula is C14H22ClN3O3. The summed E-state index contributed by atoms with van der Waals surface area (Å²) in [5, 5.41) is 8.96. The minimum Gasteiger partial charge on any atom is -0.472 e. The molecule has 1 aromatic rings. The number of nitrogens with one attached hydrogen (secondary N) is 3. The van der Waals surface area contributed by atoms with Gasteiger partial charge in [-0.3, -0.25) is 9.59 Å². The van der Waals surface area contributed by atoms with Gasteiger partial charge in [-0.1, -0.05) is 0 Å². The van der Waals surface area contributed by atoms with Crippen molar-refractivity contribution < 1.29 is 14.0 Å². The van der Waals surface area contributed by atoms with Gasteiger partial charge >= 0.3 is 0 Å². The maximum absolute atomic E-state index is 12.1. The third kappa shape index (κ3) is 4.75. The predicted molar refractivity (Wildman–Crippen MR) is 81.5 cm³/mol. The van der Waals surface area contributed by atoms with Crippen LogP contribution in [-0.2, 0) is 4.79 Å². The first-order valence-electron chi connectivity index (χ1n) is 6.94. The second kappa shape index (κ2) is 8.05. The van der Waals surface area contributed by atoms with E-state index in [1.54, 1.807) is 13.0 Å². The van der Waals surface area contributed by atoms with Gasteiger partial charge < -0.3 is 20.4 Å². The van der Waals surface area contributed by atoms with E-state index in [1.807, 2.05) is 0 Å². The third-order valence-electron chi connectivity index (χ3n) is 3.61. The molecule has 1 saturated heterocycles. The van der Waals surface area contributed by atoms with Crippen molar-refractivity contribution in [2.24, 2.45) is 0 Å². The second-order valence-electron chi connectivity index (χ2n) is 5.21. The number of carbonyl (C=O) groups is 2. The highest BCUT2D eigenvalue weighted by molar-refractivity contribution is 5.97. The van der Waals surface area contributed by atoms with Gasteiger partial charge in [0.25, 0.3) is 5.91 Å². The third-order valence-corrected chi connectivity index (χ3v) is 3.61. The zero-order valence-electron chi connectivity index (χ0n) is 12.2. The van der Waals surface area contributed by atoms with E-state index >= 15 is 0 Å². The first-order chi connectivity index (χ1) is 9.58. The van der Waals surface area contributed by atoms with E-state index in [4.69, 9.17) is 4.42 Å². The Morgan fingerprint density at radius 3 is 2.86 bits per heavy atom. The largest absolute Gasteiger partial charge is 0.472 e. The van der Waals surface area contributed by atoms with Crippen molar-refractivity contribution in [1.82, 2.24) is 16.0 Å². The topological polar surface area (TPSA) is 83.4 Å². The van der Waals surface area contributed by atoms with Crippen LogP contribution >= 0.6 is 12.4 Å². The molecule has 1 aliphatic rings.